The van der Waals surface area contributed by atoms with Crippen LogP contribution in [0.15, 0.2) is 12.1 Å². The summed E-state index contributed by atoms with van der Waals surface area (Å²) >= 11 is 3.76. The number of aryl methyl sites for hydroxylation is 3. The molecule has 1 fully saturated rings. The number of hydrogen-bond donors (Lipinski definition) is 0. The van der Waals surface area contributed by atoms with Gasteiger partial charge in [-0.05, 0) is 50.3 Å². The molecule has 0 spiro atoms. The number of halogens is 1. The third-order valence-electron chi connectivity index (χ3n) is 4.02. The van der Waals surface area contributed by atoms with Crippen molar-refractivity contribution in [1.82, 2.24) is 0 Å². The molecule has 0 atom stereocenters. The maximum absolute atomic E-state index is 3.76. The quantitative estimate of drug-likeness (QED) is 0.682. The largest absolute Gasteiger partial charge is 0.0918 e. The first kappa shape index (κ1) is 12.2. The van der Waals surface area contributed by atoms with Gasteiger partial charge in [-0.15, -0.1) is 0 Å². The first-order valence-electron chi connectivity index (χ1n) is 6.23. The molecule has 0 aliphatic heterocycles. The molecule has 1 aromatic carbocycles. The van der Waals surface area contributed by atoms with Gasteiger partial charge < -0.3 is 0 Å². The van der Waals surface area contributed by atoms with E-state index in [1.54, 1.807) is 5.56 Å². The third-order valence-corrected chi connectivity index (χ3v) is 5.10. The smallest absolute Gasteiger partial charge is 0.0129 e. The zero-order chi connectivity index (χ0) is 11.8. The highest BCUT2D eigenvalue weighted by atomic mass is 79.9. The van der Waals surface area contributed by atoms with Crippen LogP contribution in [-0.4, -0.2) is 5.33 Å². The summed E-state index contributed by atoms with van der Waals surface area (Å²) in [7, 11) is 0. The van der Waals surface area contributed by atoms with Crippen molar-refractivity contribution >= 4 is 15.9 Å². The van der Waals surface area contributed by atoms with Gasteiger partial charge in [0.2, 0.25) is 0 Å². The maximum Gasteiger partial charge on any atom is 0.0129 e. The second-order valence-electron chi connectivity index (χ2n) is 5.39. The number of rotatable bonds is 2. The van der Waals surface area contributed by atoms with E-state index in [1.807, 2.05) is 0 Å². The SMILES string of the molecule is Cc1cc(C)c(C2(CBr)CCCC2)c(C)c1. The molecule has 0 radical (unpaired) electrons. The summed E-state index contributed by atoms with van der Waals surface area (Å²) in [6.45, 7) is 6.75. The standard InChI is InChI=1S/C15H21Br/c1-11-8-12(2)14(13(3)9-11)15(10-16)6-4-5-7-15/h8-9H,4-7,10H2,1-3H3. The van der Waals surface area contributed by atoms with E-state index in [-0.39, 0.29) is 0 Å². The minimum absolute atomic E-state index is 0.419. The van der Waals surface area contributed by atoms with Crippen molar-refractivity contribution in [1.29, 1.82) is 0 Å². The molecule has 0 nitrogen and oxygen atoms in total. The van der Waals surface area contributed by atoms with Crippen LogP contribution in [0, 0.1) is 20.8 Å². The summed E-state index contributed by atoms with van der Waals surface area (Å²) < 4.78 is 0. The number of alkyl halides is 1. The molecular weight excluding hydrogens is 260 g/mol. The van der Waals surface area contributed by atoms with Crippen LogP contribution in [0.1, 0.15) is 47.9 Å². The highest BCUT2D eigenvalue weighted by Crippen LogP contribution is 2.45. The summed E-state index contributed by atoms with van der Waals surface area (Å²) in [5.41, 5.74) is 6.40. The number of benzene rings is 1. The molecule has 0 heterocycles. The van der Waals surface area contributed by atoms with Gasteiger partial charge in [0.1, 0.15) is 0 Å². The molecule has 88 valence electrons. The molecule has 2 rings (SSSR count). The van der Waals surface area contributed by atoms with Gasteiger partial charge in [0.05, 0.1) is 0 Å². The molecule has 1 saturated carbocycles. The van der Waals surface area contributed by atoms with Gasteiger partial charge in [-0.1, -0.05) is 46.5 Å². The van der Waals surface area contributed by atoms with Gasteiger partial charge in [0.15, 0.2) is 0 Å². The lowest BCUT2D eigenvalue weighted by Gasteiger charge is -2.31. The third kappa shape index (κ3) is 1.95. The fourth-order valence-corrected chi connectivity index (χ4v) is 4.36. The van der Waals surface area contributed by atoms with Crippen LogP contribution >= 0.6 is 15.9 Å². The number of hydrogen-bond acceptors (Lipinski definition) is 0. The fourth-order valence-electron chi connectivity index (χ4n) is 3.52. The van der Waals surface area contributed by atoms with Crippen molar-refractivity contribution in [2.75, 3.05) is 5.33 Å². The van der Waals surface area contributed by atoms with Crippen LogP contribution in [0.5, 0.6) is 0 Å². The van der Waals surface area contributed by atoms with E-state index in [9.17, 15) is 0 Å². The predicted octanol–water partition coefficient (Wildman–Crippen LogP) is 4.82. The van der Waals surface area contributed by atoms with E-state index < -0.39 is 0 Å². The normalized spacial score (nSPS) is 19.0. The minimum Gasteiger partial charge on any atom is -0.0918 e. The Labute approximate surface area is 108 Å². The second kappa shape index (κ2) is 4.52. The molecule has 1 aromatic rings. The van der Waals surface area contributed by atoms with Crippen LogP contribution in [0.3, 0.4) is 0 Å². The molecule has 1 aliphatic rings. The van der Waals surface area contributed by atoms with Crippen molar-refractivity contribution in [2.24, 2.45) is 0 Å². The Morgan fingerprint density at radius 2 is 1.56 bits per heavy atom. The van der Waals surface area contributed by atoms with Gasteiger partial charge in [-0.2, -0.15) is 0 Å². The minimum atomic E-state index is 0.419. The first-order chi connectivity index (χ1) is 7.59. The van der Waals surface area contributed by atoms with Gasteiger partial charge in [-0.25, -0.2) is 0 Å². The molecule has 0 bridgehead atoms. The van der Waals surface area contributed by atoms with E-state index in [2.05, 4.69) is 48.8 Å². The van der Waals surface area contributed by atoms with Crippen LogP contribution in [0.2, 0.25) is 0 Å². The Hall–Kier alpha value is -0.300. The van der Waals surface area contributed by atoms with Crippen molar-refractivity contribution in [3.63, 3.8) is 0 Å². The van der Waals surface area contributed by atoms with Crippen LogP contribution in [-0.2, 0) is 5.41 Å². The summed E-state index contributed by atoms with van der Waals surface area (Å²) in [4.78, 5) is 0. The Kier molecular flexibility index (Phi) is 3.44. The Morgan fingerprint density at radius 3 is 2.00 bits per heavy atom. The molecule has 16 heavy (non-hydrogen) atoms. The van der Waals surface area contributed by atoms with E-state index in [4.69, 9.17) is 0 Å². The summed E-state index contributed by atoms with van der Waals surface area (Å²) in [5, 5.41) is 1.12. The van der Waals surface area contributed by atoms with E-state index in [0.29, 0.717) is 5.41 Å². The predicted molar refractivity (Wildman–Crippen MR) is 74.6 cm³/mol. The summed E-state index contributed by atoms with van der Waals surface area (Å²) in [6.07, 6.45) is 5.47. The average molecular weight is 281 g/mol. The second-order valence-corrected chi connectivity index (χ2v) is 5.96. The zero-order valence-electron chi connectivity index (χ0n) is 10.6. The monoisotopic (exact) mass is 280 g/mol. The molecule has 1 heteroatoms. The molecule has 0 aromatic heterocycles. The highest BCUT2D eigenvalue weighted by Gasteiger charge is 2.36. The lowest BCUT2D eigenvalue weighted by molar-refractivity contribution is 0.499. The maximum atomic E-state index is 3.76. The molecule has 0 N–H and O–H groups in total. The fraction of sp³-hybridized carbons (Fsp3) is 0.600. The summed E-state index contributed by atoms with van der Waals surface area (Å²) in [5.74, 6) is 0. The lowest BCUT2D eigenvalue weighted by atomic mass is 9.76. The topological polar surface area (TPSA) is 0 Å². The highest BCUT2D eigenvalue weighted by molar-refractivity contribution is 9.09. The van der Waals surface area contributed by atoms with Gasteiger partial charge in [0.25, 0.3) is 0 Å². The molecule has 0 saturated heterocycles. The average Bonchev–Trinajstić information content (AvgIpc) is 2.66. The molecule has 0 amide bonds. The summed E-state index contributed by atoms with van der Waals surface area (Å²) in [6, 6.07) is 4.68. The Balaban J connectivity index is 2.54. The van der Waals surface area contributed by atoms with Crippen molar-refractivity contribution in [3.05, 3.63) is 34.4 Å². The van der Waals surface area contributed by atoms with Crippen molar-refractivity contribution in [3.8, 4) is 0 Å². The van der Waals surface area contributed by atoms with Crippen LogP contribution < -0.4 is 0 Å². The van der Waals surface area contributed by atoms with Crippen molar-refractivity contribution in [2.45, 2.75) is 51.9 Å². The lowest BCUT2D eigenvalue weighted by Crippen LogP contribution is -2.26. The van der Waals surface area contributed by atoms with Gasteiger partial charge >= 0.3 is 0 Å². The van der Waals surface area contributed by atoms with Crippen LogP contribution in [0.4, 0.5) is 0 Å². The van der Waals surface area contributed by atoms with E-state index >= 15 is 0 Å². The van der Waals surface area contributed by atoms with Gasteiger partial charge in [-0.3, -0.25) is 0 Å². The van der Waals surface area contributed by atoms with Gasteiger partial charge in [0, 0.05) is 10.7 Å². The molecular formula is C15H21Br. The molecule has 0 unspecified atom stereocenters. The molecule has 1 aliphatic carbocycles. The first-order valence-corrected chi connectivity index (χ1v) is 7.35. The van der Waals surface area contributed by atoms with E-state index in [1.165, 1.54) is 42.4 Å². The van der Waals surface area contributed by atoms with Crippen LogP contribution in [0.25, 0.3) is 0 Å². The van der Waals surface area contributed by atoms with E-state index in [0.717, 1.165) is 5.33 Å². The Morgan fingerprint density at radius 1 is 1.06 bits per heavy atom. The Bertz CT molecular complexity index is 363. The zero-order valence-corrected chi connectivity index (χ0v) is 12.2. The van der Waals surface area contributed by atoms with Crippen molar-refractivity contribution < 1.29 is 0 Å².